The third-order valence-corrected chi connectivity index (χ3v) is 3.36. The molecule has 0 aromatic carbocycles. The molecule has 0 aromatic rings. The molecule has 1 atom stereocenters. The van der Waals surface area contributed by atoms with E-state index in [2.05, 4.69) is 11.0 Å². The summed E-state index contributed by atoms with van der Waals surface area (Å²) in [6, 6.07) is 2.20. The van der Waals surface area contributed by atoms with E-state index in [1.54, 1.807) is 11.8 Å². The van der Waals surface area contributed by atoms with E-state index in [0.29, 0.717) is 13.0 Å². The van der Waals surface area contributed by atoms with E-state index in [1.165, 1.54) is 0 Å². The highest BCUT2D eigenvalue weighted by Crippen LogP contribution is 2.18. The van der Waals surface area contributed by atoms with E-state index in [-0.39, 0.29) is 12.5 Å². The van der Waals surface area contributed by atoms with Crippen LogP contribution in [0.1, 0.15) is 12.8 Å². The van der Waals surface area contributed by atoms with Crippen LogP contribution in [0.3, 0.4) is 0 Å². The van der Waals surface area contributed by atoms with Crippen molar-refractivity contribution in [1.82, 2.24) is 4.90 Å². The smallest absolute Gasteiger partial charge is 0.304 e. The van der Waals surface area contributed by atoms with Crippen molar-refractivity contribution in [3.8, 4) is 6.07 Å². The first-order valence-electron chi connectivity index (χ1n) is 4.64. The maximum absolute atomic E-state index is 10.6. The van der Waals surface area contributed by atoms with E-state index >= 15 is 0 Å². The van der Waals surface area contributed by atoms with Crippen molar-refractivity contribution in [2.75, 3.05) is 24.6 Å². The van der Waals surface area contributed by atoms with Crippen LogP contribution in [-0.4, -0.2) is 46.6 Å². The molecule has 14 heavy (non-hydrogen) atoms. The summed E-state index contributed by atoms with van der Waals surface area (Å²) in [5.41, 5.74) is 0. The second kappa shape index (κ2) is 5.89. The highest BCUT2D eigenvalue weighted by atomic mass is 32.2. The molecule has 78 valence electrons. The number of rotatable bonds is 4. The molecular formula is C9H14N2O2S. The average molecular weight is 214 g/mol. The molecule has 1 rings (SSSR count). The lowest BCUT2D eigenvalue weighted by molar-refractivity contribution is -0.138. The van der Waals surface area contributed by atoms with Gasteiger partial charge in [0, 0.05) is 37.1 Å². The molecule has 0 spiro atoms. The molecule has 0 aliphatic carbocycles. The summed E-state index contributed by atoms with van der Waals surface area (Å²) in [6.07, 6.45) is 0.680. The molecule has 0 saturated carbocycles. The number of carbonyl (C=O) groups is 1. The minimum absolute atomic E-state index is 0.111. The van der Waals surface area contributed by atoms with Crippen LogP contribution in [0.2, 0.25) is 0 Å². The molecule has 4 nitrogen and oxygen atoms in total. The predicted molar refractivity (Wildman–Crippen MR) is 55.2 cm³/mol. The van der Waals surface area contributed by atoms with E-state index in [0.717, 1.165) is 18.1 Å². The van der Waals surface area contributed by atoms with E-state index < -0.39 is 5.97 Å². The lowest BCUT2D eigenvalue weighted by Crippen LogP contribution is -2.43. The summed E-state index contributed by atoms with van der Waals surface area (Å²) in [5.74, 6) is 1.17. The Hall–Kier alpha value is -0.730. The van der Waals surface area contributed by atoms with Gasteiger partial charge in [-0.15, -0.1) is 0 Å². The summed E-state index contributed by atoms with van der Waals surface area (Å²) in [7, 11) is 0. The number of nitrogens with zero attached hydrogens (tertiary/aromatic N) is 2. The highest BCUT2D eigenvalue weighted by Gasteiger charge is 2.24. The van der Waals surface area contributed by atoms with E-state index in [9.17, 15) is 4.79 Å². The van der Waals surface area contributed by atoms with E-state index in [1.807, 2.05) is 0 Å². The molecule has 5 heteroatoms. The SMILES string of the molecule is N#CCCN1CCSCC1CC(=O)O. The maximum Gasteiger partial charge on any atom is 0.304 e. The number of nitriles is 1. The van der Waals surface area contributed by atoms with Crippen LogP contribution in [0.5, 0.6) is 0 Å². The van der Waals surface area contributed by atoms with Crippen LogP contribution >= 0.6 is 11.8 Å². The predicted octanol–water partition coefficient (Wildman–Crippen LogP) is 0.792. The first-order chi connectivity index (χ1) is 6.74. The molecule has 0 bridgehead atoms. The van der Waals surface area contributed by atoms with E-state index in [4.69, 9.17) is 10.4 Å². The third-order valence-electron chi connectivity index (χ3n) is 2.27. The fourth-order valence-electron chi connectivity index (χ4n) is 1.57. The summed E-state index contributed by atoms with van der Waals surface area (Å²) in [4.78, 5) is 12.7. The van der Waals surface area contributed by atoms with Gasteiger partial charge in [-0.3, -0.25) is 9.69 Å². The second-order valence-electron chi connectivity index (χ2n) is 3.27. The van der Waals surface area contributed by atoms with Crippen molar-refractivity contribution in [2.24, 2.45) is 0 Å². The van der Waals surface area contributed by atoms with Gasteiger partial charge in [-0.05, 0) is 0 Å². The van der Waals surface area contributed by atoms with Crippen LogP contribution in [-0.2, 0) is 4.79 Å². The largest absolute Gasteiger partial charge is 0.481 e. The van der Waals surface area contributed by atoms with Gasteiger partial charge in [0.15, 0.2) is 0 Å². The molecule has 1 aliphatic rings. The summed E-state index contributed by atoms with van der Waals surface area (Å²) in [6.45, 7) is 1.61. The number of hydrogen-bond donors (Lipinski definition) is 1. The Morgan fingerprint density at radius 2 is 2.50 bits per heavy atom. The average Bonchev–Trinajstić information content (AvgIpc) is 2.16. The van der Waals surface area contributed by atoms with Crippen LogP contribution in [0.15, 0.2) is 0 Å². The Kier molecular flexibility index (Phi) is 4.77. The minimum atomic E-state index is -0.751. The lowest BCUT2D eigenvalue weighted by Gasteiger charge is -2.33. The first kappa shape index (κ1) is 11.3. The molecule has 1 heterocycles. The number of aliphatic carboxylic acids is 1. The van der Waals surface area contributed by atoms with Crippen LogP contribution < -0.4 is 0 Å². The lowest BCUT2D eigenvalue weighted by atomic mass is 10.2. The molecular weight excluding hydrogens is 200 g/mol. The van der Waals surface area contributed by atoms with Gasteiger partial charge in [0.2, 0.25) is 0 Å². The van der Waals surface area contributed by atoms with Crippen molar-refractivity contribution < 1.29 is 9.90 Å². The molecule has 0 radical (unpaired) electrons. The third kappa shape index (κ3) is 3.56. The van der Waals surface area contributed by atoms with Gasteiger partial charge in [-0.1, -0.05) is 0 Å². The summed E-state index contributed by atoms with van der Waals surface area (Å²) >= 11 is 1.79. The zero-order valence-electron chi connectivity index (χ0n) is 7.98. The molecule has 1 N–H and O–H groups in total. The molecule has 1 aliphatic heterocycles. The molecule has 1 saturated heterocycles. The van der Waals surface area contributed by atoms with Gasteiger partial charge in [0.05, 0.1) is 12.5 Å². The number of hydrogen-bond acceptors (Lipinski definition) is 4. The Morgan fingerprint density at radius 3 is 3.14 bits per heavy atom. The molecule has 0 amide bonds. The number of carboxylic acid groups (broad SMARTS) is 1. The van der Waals surface area contributed by atoms with Gasteiger partial charge >= 0.3 is 5.97 Å². The zero-order valence-corrected chi connectivity index (χ0v) is 8.79. The van der Waals surface area contributed by atoms with Crippen molar-refractivity contribution in [1.29, 1.82) is 5.26 Å². The molecule has 0 aromatic heterocycles. The standard InChI is InChI=1S/C9H14N2O2S/c10-2-1-3-11-4-5-14-7-8(11)6-9(12)13/h8H,1,3-7H2,(H,12,13). The van der Waals surface area contributed by atoms with Crippen LogP contribution in [0.25, 0.3) is 0 Å². The highest BCUT2D eigenvalue weighted by molar-refractivity contribution is 7.99. The molecule has 1 fully saturated rings. The topological polar surface area (TPSA) is 64.3 Å². The van der Waals surface area contributed by atoms with Crippen molar-refractivity contribution >= 4 is 17.7 Å². The summed E-state index contributed by atoms with van der Waals surface area (Å²) in [5, 5.41) is 17.2. The Balaban J connectivity index is 2.42. The monoisotopic (exact) mass is 214 g/mol. The van der Waals surface area contributed by atoms with Gasteiger partial charge in [-0.25, -0.2) is 0 Å². The Bertz CT molecular complexity index is 239. The van der Waals surface area contributed by atoms with Gasteiger partial charge in [0.25, 0.3) is 0 Å². The Labute approximate surface area is 87.9 Å². The van der Waals surface area contributed by atoms with Crippen molar-refractivity contribution in [3.05, 3.63) is 0 Å². The van der Waals surface area contributed by atoms with Crippen LogP contribution in [0, 0.1) is 11.3 Å². The fraction of sp³-hybridized carbons (Fsp3) is 0.778. The van der Waals surface area contributed by atoms with Gasteiger partial charge < -0.3 is 5.11 Å². The van der Waals surface area contributed by atoms with Crippen LogP contribution in [0.4, 0.5) is 0 Å². The Morgan fingerprint density at radius 1 is 1.71 bits per heavy atom. The second-order valence-corrected chi connectivity index (χ2v) is 4.42. The summed E-state index contributed by atoms with van der Waals surface area (Å²) < 4.78 is 0. The van der Waals surface area contributed by atoms with Gasteiger partial charge in [-0.2, -0.15) is 17.0 Å². The van der Waals surface area contributed by atoms with Crippen molar-refractivity contribution in [3.63, 3.8) is 0 Å². The van der Waals surface area contributed by atoms with Gasteiger partial charge in [0.1, 0.15) is 0 Å². The number of carboxylic acids is 1. The van der Waals surface area contributed by atoms with Crippen molar-refractivity contribution in [2.45, 2.75) is 18.9 Å². The normalized spacial score (nSPS) is 22.9. The number of thioether (sulfide) groups is 1. The molecule has 1 unspecified atom stereocenters. The minimum Gasteiger partial charge on any atom is -0.481 e. The first-order valence-corrected chi connectivity index (χ1v) is 5.80. The quantitative estimate of drug-likeness (QED) is 0.749. The zero-order chi connectivity index (χ0) is 10.4. The fourth-order valence-corrected chi connectivity index (χ4v) is 2.70. The maximum atomic E-state index is 10.6.